The molecule has 5 nitrogen and oxygen atoms in total. The van der Waals surface area contributed by atoms with E-state index in [1.165, 1.54) is 4.90 Å². The second-order valence-corrected chi connectivity index (χ2v) is 5.20. The summed E-state index contributed by atoms with van der Waals surface area (Å²) in [7, 11) is 1.54. The number of carbonyl (C=O) groups excluding carboxylic acids is 1. The number of carboxylic acid groups (broad SMARTS) is 1. The number of rotatable bonds is 3. The van der Waals surface area contributed by atoms with Crippen molar-refractivity contribution in [2.24, 2.45) is 0 Å². The summed E-state index contributed by atoms with van der Waals surface area (Å²) in [6.45, 7) is 0.486. The Labute approximate surface area is 119 Å². The largest absolute Gasteiger partial charge is 0.496 e. The fourth-order valence-electron chi connectivity index (χ4n) is 2.23. The van der Waals surface area contributed by atoms with Gasteiger partial charge in [0.25, 0.3) is 5.91 Å². The van der Waals surface area contributed by atoms with Crippen molar-refractivity contribution in [1.82, 2.24) is 4.90 Å². The monoisotopic (exact) mass is 327 g/mol. The molecule has 0 aliphatic carbocycles. The molecule has 1 atom stereocenters. The molecule has 1 aromatic rings. The number of nitrogens with zero attached hydrogens (tertiary/aromatic N) is 1. The first-order valence-electron chi connectivity index (χ1n) is 5.92. The Kier molecular flexibility index (Phi) is 4.09. The molecule has 0 spiro atoms. The van der Waals surface area contributed by atoms with Gasteiger partial charge in [-0.15, -0.1) is 0 Å². The van der Waals surface area contributed by atoms with E-state index in [4.69, 9.17) is 9.84 Å². The van der Waals surface area contributed by atoms with Crippen molar-refractivity contribution in [2.75, 3.05) is 13.7 Å². The third kappa shape index (κ3) is 2.73. The van der Waals surface area contributed by atoms with Gasteiger partial charge in [0.05, 0.1) is 11.6 Å². The summed E-state index contributed by atoms with van der Waals surface area (Å²) in [5.41, 5.74) is 0.459. The molecule has 1 aliphatic rings. The predicted octanol–water partition coefficient (Wildman–Crippen LogP) is 2.15. The van der Waals surface area contributed by atoms with Crippen LogP contribution in [0, 0.1) is 0 Å². The molecule has 2 rings (SSSR count). The zero-order valence-electron chi connectivity index (χ0n) is 10.4. The molecule has 0 radical (unpaired) electrons. The molecule has 0 bridgehead atoms. The van der Waals surface area contributed by atoms with Crippen LogP contribution in [0.15, 0.2) is 22.7 Å². The van der Waals surface area contributed by atoms with Gasteiger partial charge in [-0.25, -0.2) is 4.79 Å². The normalized spacial score (nSPS) is 18.4. The lowest BCUT2D eigenvalue weighted by Gasteiger charge is -2.21. The number of amides is 1. The number of hydrogen-bond donors (Lipinski definition) is 1. The molecule has 0 aromatic heterocycles. The fraction of sp³-hybridized carbons (Fsp3) is 0.385. The smallest absolute Gasteiger partial charge is 0.326 e. The van der Waals surface area contributed by atoms with Gasteiger partial charge in [-0.05, 0) is 47.0 Å². The van der Waals surface area contributed by atoms with E-state index in [1.54, 1.807) is 25.3 Å². The number of methoxy groups -OCH3 is 1. The summed E-state index contributed by atoms with van der Waals surface area (Å²) in [5, 5.41) is 9.09. The maximum atomic E-state index is 12.3. The van der Waals surface area contributed by atoms with E-state index < -0.39 is 12.0 Å². The molecule has 19 heavy (non-hydrogen) atoms. The van der Waals surface area contributed by atoms with Gasteiger partial charge in [0.15, 0.2) is 0 Å². The maximum absolute atomic E-state index is 12.3. The second-order valence-electron chi connectivity index (χ2n) is 4.34. The van der Waals surface area contributed by atoms with Gasteiger partial charge in [-0.3, -0.25) is 4.79 Å². The fourth-order valence-corrected chi connectivity index (χ4v) is 2.77. The number of benzene rings is 1. The lowest BCUT2D eigenvalue weighted by molar-refractivity contribution is -0.141. The van der Waals surface area contributed by atoms with E-state index >= 15 is 0 Å². The van der Waals surface area contributed by atoms with Crippen LogP contribution >= 0.6 is 15.9 Å². The van der Waals surface area contributed by atoms with E-state index in [9.17, 15) is 9.59 Å². The summed E-state index contributed by atoms with van der Waals surface area (Å²) in [4.78, 5) is 24.8. The number of carbonyl (C=O) groups is 2. The zero-order chi connectivity index (χ0) is 14.0. The predicted molar refractivity (Wildman–Crippen MR) is 72.4 cm³/mol. The van der Waals surface area contributed by atoms with Crippen LogP contribution in [0.25, 0.3) is 0 Å². The Bertz CT molecular complexity index is 517. The minimum absolute atomic E-state index is 0.256. The van der Waals surface area contributed by atoms with Gasteiger partial charge >= 0.3 is 5.97 Å². The number of ether oxygens (including phenoxy) is 1. The Morgan fingerprint density at radius 2 is 2.21 bits per heavy atom. The molecule has 1 aliphatic heterocycles. The van der Waals surface area contributed by atoms with E-state index in [1.807, 2.05) is 0 Å². The Hall–Kier alpha value is -1.56. The van der Waals surface area contributed by atoms with Crippen LogP contribution < -0.4 is 4.74 Å². The minimum Gasteiger partial charge on any atom is -0.496 e. The molecule has 1 fully saturated rings. The second kappa shape index (κ2) is 5.61. The van der Waals surface area contributed by atoms with Crippen LogP contribution in [0.1, 0.15) is 23.2 Å². The third-order valence-corrected chi connectivity index (χ3v) is 3.82. The first kappa shape index (κ1) is 13.9. The minimum atomic E-state index is -0.946. The van der Waals surface area contributed by atoms with Crippen molar-refractivity contribution >= 4 is 27.8 Å². The molecule has 1 heterocycles. The SMILES string of the molecule is COc1ccc(C(=O)N2CCC[C@H]2C(=O)O)cc1Br. The molecule has 0 unspecified atom stereocenters. The highest BCUT2D eigenvalue weighted by Crippen LogP contribution is 2.27. The molecule has 0 saturated carbocycles. The summed E-state index contributed by atoms with van der Waals surface area (Å²) in [6, 6.07) is 4.26. The topological polar surface area (TPSA) is 66.8 Å². The Morgan fingerprint density at radius 1 is 1.47 bits per heavy atom. The Morgan fingerprint density at radius 3 is 2.79 bits per heavy atom. The molecular formula is C13H14BrNO4. The van der Waals surface area contributed by atoms with Crippen LogP contribution in [-0.4, -0.2) is 41.6 Å². The maximum Gasteiger partial charge on any atom is 0.326 e. The van der Waals surface area contributed by atoms with Crippen molar-refractivity contribution in [3.05, 3.63) is 28.2 Å². The zero-order valence-corrected chi connectivity index (χ0v) is 12.0. The van der Waals surface area contributed by atoms with Crippen molar-refractivity contribution < 1.29 is 19.4 Å². The molecule has 1 amide bonds. The van der Waals surface area contributed by atoms with Gasteiger partial charge in [-0.1, -0.05) is 0 Å². The van der Waals surface area contributed by atoms with Crippen LogP contribution in [0.4, 0.5) is 0 Å². The highest BCUT2D eigenvalue weighted by molar-refractivity contribution is 9.10. The van der Waals surface area contributed by atoms with E-state index in [2.05, 4.69) is 15.9 Å². The van der Waals surface area contributed by atoms with Crippen LogP contribution in [0.5, 0.6) is 5.75 Å². The standard InChI is InChI=1S/C13H14BrNO4/c1-19-11-5-4-8(7-9(11)14)12(16)15-6-2-3-10(15)13(17)18/h4-5,7,10H,2-3,6H2,1H3,(H,17,18)/t10-/m0/s1. The lowest BCUT2D eigenvalue weighted by atomic mass is 10.1. The van der Waals surface area contributed by atoms with E-state index in [0.29, 0.717) is 28.8 Å². The first-order chi connectivity index (χ1) is 9.04. The number of carboxylic acids is 1. The average Bonchev–Trinajstić information content (AvgIpc) is 2.87. The number of aliphatic carboxylic acids is 1. The number of hydrogen-bond acceptors (Lipinski definition) is 3. The highest BCUT2D eigenvalue weighted by atomic mass is 79.9. The molecule has 1 N–H and O–H groups in total. The average molecular weight is 328 g/mol. The third-order valence-electron chi connectivity index (χ3n) is 3.20. The molecule has 102 valence electrons. The van der Waals surface area contributed by atoms with Gasteiger partial charge in [0.1, 0.15) is 11.8 Å². The van der Waals surface area contributed by atoms with Crippen molar-refractivity contribution in [3.63, 3.8) is 0 Å². The summed E-state index contributed by atoms with van der Waals surface area (Å²) in [6.07, 6.45) is 1.23. The van der Waals surface area contributed by atoms with Gasteiger partial charge in [0.2, 0.25) is 0 Å². The van der Waals surface area contributed by atoms with Crippen LogP contribution in [0.2, 0.25) is 0 Å². The van der Waals surface area contributed by atoms with E-state index in [0.717, 1.165) is 6.42 Å². The van der Waals surface area contributed by atoms with Crippen LogP contribution in [0.3, 0.4) is 0 Å². The van der Waals surface area contributed by atoms with Crippen molar-refractivity contribution in [3.8, 4) is 5.75 Å². The number of likely N-dealkylation sites (tertiary alicyclic amines) is 1. The van der Waals surface area contributed by atoms with Gasteiger partial charge < -0.3 is 14.7 Å². The first-order valence-corrected chi connectivity index (χ1v) is 6.71. The molecule has 1 saturated heterocycles. The van der Waals surface area contributed by atoms with Crippen molar-refractivity contribution in [2.45, 2.75) is 18.9 Å². The quantitative estimate of drug-likeness (QED) is 0.923. The van der Waals surface area contributed by atoms with Gasteiger partial charge in [0, 0.05) is 12.1 Å². The summed E-state index contributed by atoms with van der Waals surface area (Å²) < 4.78 is 5.77. The summed E-state index contributed by atoms with van der Waals surface area (Å²) >= 11 is 3.32. The number of halogens is 1. The van der Waals surface area contributed by atoms with Gasteiger partial charge in [-0.2, -0.15) is 0 Å². The summed E-state index contributed by atoms with van der Waals surface area (Å²) in [5.74, 6) is -0.570. The molecular weight excluding hydrogens is 314 g/mol. The molecule has 1 aromatic carbocycles. The molecule has 6 heteroatoms. The Balaban J connectivity index is 2.24. The van der Waals surface area contributed by atoms with Crippen LogP contribution in [-0.2, 0) is 4.79 Å². The van der Waals surface area contributed by atoms with E-state index in [-0.39, 0.29) is 5.91 Å². The highest BCUT2D eigenvalue weighted by Gasteiger charge is 2.34. The lowest BCUT2D eigenvalue weighted by Crippen LogP contribution is -2.40. The van der Waals surface area contributed by atoms with Crippen molar-refractivity contribution in [1.29, 1.82) is 0 Å².